The molecule has 104 valence electrons. The summed E-state index contributed by atoms with van der Waals surface area (Å²) in [6, 6.07) is 0. The van der Waals surface area contributed by atoms with E-state index in [0.29, 0.717) is 10.8 Å². The molecule has 2 atom stereocenters. The van der Waals surface area contributed by atoms with E-state index in [-0.39, 0.29) is 0 Å². The van der Waals surface area contributed by atoms with E-state index < -0.39 is 8.32 Å². The van der Waals surface area contributed by atoms with Gasteiger partial charge >= 0.3 is 0 Å². The van der Waals surface area contributed by atoms with Gasteiger partial charge in [0.1, 0.15) is 0 Å². The van der Waals surface area contributed by atoms with Crippen LogP contribution in [0.15, 0.2) is 11.8 Å². The average Bonchev–Trinajstić information content (AvgIpc) is 2.17. The summed E-state index contributed by atoms with van der Waals surface area (Å²) in [6.45, 7) is 14.3. The molecule has 0 unspecified atom stereocenters. The minimum Gasteiger partial charge on any atom is -0.547 e. The van der Waals surface area contributed by atoms with Crippen molar-refractivity contribution in [2.24, 2.45) is 16.7 Å². The molecule has 0 saturated heterocycles. The van der Waals surface area contributed by atoms with Crippen LogP contribution in [0.4, 0.5) is 0 Å². The minimum atomic E-state index is -1.48. The molecular formula is C16H30OSi. The van der Waals surface area contributed by atoms with Gasteiger partial charge in [0.05, 0.1) is 5.76 Å². The first-order chi connectivity index (χ1) is 8.15. The molecule has 1 nitrogen and oxygen atoms in total. The van der Waals surface area contributed by atoms with Crippen LogP contribution in [-0.4, -0.2) is 8.32 Å². The van der Waals surface area contributed by atoms with Gasteiger partial charge in [0.15, 0.2) is 0 Å². The van der Waals surface area contributed by atoms with Crippen molar-refractivity contribution in [2.75, 3.05) is 0 Å². The number of rotatable bonds is 2. The highest BCUT2D eigenvalue weighted by atomic mass is 28.4. The maximum Gasteiger partial charge on any atom is 0.241 e. The van der Waals surface area contributed by atoms with E-state index in [9.17, 15) is 0 Å². The Morgan fingerprint density at radius 3 is 2.44 bits per heavy atom. The van der Waals surface area contributed by atoms with E-state index >= 15 is 0 Å². The molecule has 0 aromatic rings. The molecule has 0 radical (unpaired) electrons. The lowest BCUT2D eigenvalue weighted by molar-refractivity contribution is -0.00999. The molecule has 0 heterocycles. The van der Waals surface area contributed by atoms with Crippen molar-refractivity contribution >= 4 is 8.32 Å². The molecule has 0 bridgehead atoms. The van der Waals surface area contributed by atoms with Gasteiger partial charge in [0, 0.05) is 5.41 Å². The summed E-state index contributed by atoms with van der Waals surface area (Å²) in [4.78, 5) is 0. The molecule has 2 aliphatic rings. The second kappa shape index (κ2) is 4.40. The monoisotopic (exact) mass is 266 g/mol. The molecular weight excluding hydrogens is 236 g/mol. The zero-order valence-electron chi connectivity index (χ0n) is 13.1. The van der Waals surface area contributed by atoms with Gasteiger partial charge in [-0.25, -0.2) is 0 Å². The van der Waals surface area contributed by atoms with Crippen molar-refractivity contribution in [1.29, 1.82) is 0 Å². The predicted octanol–water partition coefficient (Wildman–Crippen LogP) is 5.35. The SMILES string of the molecule is CC1(C)CCC[C@]2(C)C(O[Si](C)(C)C)=CCC[C@H]12. The second-order valence-electron chi connectivity index (χ2n) is 8.17. The molecule has 18 heavy (non-hydrogen) atoms. The van der Waals surface area contributed by atoms with Crippen molar-refractivity contribution < 1.29 is 4.43 Å². The highest BCUT2D eigenvalue weighted by Gasteiger charge is 2.50. The third-order valence-electron chi connectivity index (χ3n) is 4.99. The first-order valence-corrected chi connectivity index (χ1v) is 11.0. The molecule has 0 N–H and O–H groups in total. The lowest BCUT2D eigenvalue weighted by Crippen LogP contribution is -2.46. The maximum absolute atomic E-state index is 6.44. The maximum atomic E-state index is 6.44. The Bertz CT molecular complexity index is 351. The summed E-state index contributed by atoms with van der Waals surface area (Å²) in [5.74, 6) is 2.14. The van der Waals surface area contributed by atoms with Crippen molar-refractivity contribution in [3.8, 4) is 0 Å². The van der Waals surface area contributed by atoms with Gasteiger partial charge in [0.2, 0.25) is 8.32 Å². The Labute approximate surface area is 114 Å². The van der Waals surface area contributed by atoms with Gasteiger partial charge in [-0.1, -0.05) is 27.2 Å². The molecule has 2 rings (SSSR count). The number of allylic oxidation sites excluding steroid dienone is 2. The standard InChI is InChI=1S/C16H30OSi/c1-15(2)11-8-12-16(3)13(15)9-7-10-14(16)17-18(4,5)6/h10,13H,7-9,11-12H2,1-6H3/t13-,16+/m1/s1. The van der Waals surface area contributed by atoms with Crippen LogP contribution in [0.5, 0.6) is 0 Å². The normalized spacial score (nSPS) is 35.7. The summed E-state index contributed by atoms with van der Waals surface area (Å²) in [5, 5.41) is 0. The molecule has 2 heteroatoms. The summed E-state index contributed by atoms with van der Waals surface area (Å²) < 4.78 is 6.44. The smallest absolute Gasteiger partial charge is 0.241 e. The Balaban J connectivity index is 2.30. The first kappa shape index (κ1) is 14.2. The first-order valence-electron chi connectivity index (χ1n) is 7.55. The Hall–Kier alpha value is -0.243. The lowest BCUT2D eigenvalue weighted by atomic mass is 9.53. The highest BCUT2D eigenvalue weighted by Crippen LogP contribution is 2.58. The fourth-order valence-electron chi connectivity index (χ4n) is 4.23. The topological polar surface area (TPSA) is 9.23 Å². The fraction of sp³-hybridized carbons (Fsp3) is 0.875. The van der Waals surface area contributed by atoms with E-state index in [4.69, 9.17) is 4.43 Å². The van der Waals surface area contributed by atoms with E-state index in [1.807, 2.05) is 0 Å². The van der Waals surface area contributed by atoms with E-state index in [2.05, 4.69) is 46.5 Å². The number of hydrogen-bond acceptors (Lipinski definition) is 1. The van der Waals surface area contributed by atoms with Crippen molar-refractivity contribution in [3.63, 3.8) is 0 Å². The lowest BCUT2D eigenvalue weighted by Gasteiger charge is -2.54. The fourth-order valence-corrected chi connectivity index (χ4v) is 5.20. The Kier molecular flexibility index (Phi) is 3.46. The molecule has 1 saturated carbocycles. The molecule has 1 fully saturated rings. The van der Waals surface area contributed by atoms with E-state index in [1.54, 1.807) is 0 Å². The van der Waals surface area contributed by atoms with Crippen LogP contribution < -0.4 is 0 Å². The molecule has 0 aromatic heterocycles. The van der Waals surface area contributed by atoms with Crippen LogP contribution in [0.3, 0.4) is 0 Å². The molecule has 0 spiro atoms. The second-order valence-corrected chi connectivity index (χ2v) is 12.6. The van der Waals surface area contributed by atoms with Crippen LogP contribution in [0.2, 0.25) is 19.6 Å². The average molecular weight is 267 g/mol. The number of fused-ring (bicyclic) bond motifs is 1. The summed E-state index contributed by atoms with van der Waals surface area (Å²) in [7, 11) is -1.48. The van der Waals surface area contributed by atoms with Crippen molar-refractivity contribution in [3.05, 3.63) is 11.8 Å². The summed E-state index contributed by atoms with van der Waals surface area (Å²) in [5.41, 5.74) is 0.787. The molecule has 0 amide bonds. The van der Waals surface area contributed by atoms with Crippen LogP contribution in [0, 0.1) is 16.7 Å². The van der Waals surface area contributed by atoms with Gasteiger partial charge in [-0.3, -0.25) is 0 Å². The molecule has 2 aliphatic carbocycles. The summed E-state index contributed by atoms with van der Waals surface area (Å²) >= 11 is 0. The van der Waals surface area contributed by atoms with Crippen molar-refractivity contribution in [1.82, 2.24) is 0 Å². The van der Waals surface area contributed by atoms with Crippen molar-refractivity contribution in [2.45, 2.75) is 72.5 Å². The minimum absolute atomic E-state index is 0.306. The molecule has 0 aromatic carbocycles. The zero-order chi connectivity index (χ0) is 13.6. The van der Waals surface area contributed by atoms with Gasteiger partial charge in [-0.2, -0.15) is 0 Å². The number of hydrogen-bond donors (Lipinski definition) is 0. The van der Waals surface area contributed by atoms with Crippen LogP contribution in [0.1, 0.15) is 52.9 Å². The highest BCUT2D eigenvalue weighted by molar-refractivity contribution is 6.70. The van der Waals surface area contributed by atoms with Crippen LogP contribution >= 0.6 is 0 Å². The van der Waals surface area contributed by atoms with E-state index in [1.165, 1.54) is 37.9 Å². The van der Waals surface area contributed by atoms with Crippen LogP contribution in [0.25, 0.3) is 0 Å². The predicted molar refractivity (Wildman–Crippen MR) is 81.0 cm³/mol. The largest absolute Gasteiger partial charge is 0.547 e. The van der Waals surface area contributed by atoms with Gasteiger partial charge in [-0.05, 0) is 62.7 Å². The summed E-state index contributed by atoms with van der Waals surface area (Å²) in [6.07, 6.45) is 9.01. The van der Waals surface area contributed by atoms with Gasteiger partial charge in [0.25, 0.3) is 0 Å². The van der Waals surface area contributed by atoms with Gasteiger partial charge in [-0.15, -0.1) is 0 Å². The molecule has 0 aliphatic heterocycles. The van der Waals surface area contributed by atoms with E-state index in [0.717, 1.165) is 5.92 Å². The van der Waals surface area contributed by atoms with Gasteiger partial charge < -0.3 is 4.43 Å². The van der Waals surface area contributed by atoms with Crippen LogP contribution in [-0.2, 0) is 4.43 Å². The Morgan fingerprint density at radius 1 is 1.17 bits per heavy atom. The Morgan fingerprint density at radius 2 is 1.83 bits per heavy atom. The third kappa shape index (κ3) is 2.54. The quantitative estimate of drug-likeness (QED) is 0.612. The zero-order valence-corrected chi connectivity index (χ0v) is 14.1. The third-order valence-corrected chi connectivity index (χ3v) is 5.83.